The molecule has 0 radical (unpaired) electrons. The molecule has 456 valence electrons. The van der Waals surface area contributed by atoms with Crippen molar-refractivity contribution >= 4 is 19.8 Å². The lowest BCUT2D eigenvalue weighted by molar-refractivity contribution is -0.161. The first-order valence-corrected chi connectivity index (χ1v) is 35.3. The number of esters is 2. The van der Waals surface area contributed by atoms with Crippen molar-refractivity contribution in [2.24, 2.45) is 5.73 Å². The van der Waals surface area contributed by atoms with Crippen LogP contribution in [0.25, 0.3) is 0 Å². The lowest BCUT2D eigenvalue weighted by Gasteiger charge is -2.19. The van der Waals surface area contributed by atoms with Gasteiger partial charge in [-0.25, -0.2) is 4.57 Å². The van der Waals surface area contributed by atoms with Gasteiger partial charge in [0.2, 0.25) is 0 Å². The molecule has 0 fully saturated rings. The number of carbonyl (C=O) groups is 2. The quantitative estimate of drug-likeness (QED) is 0.0264. The second kappa shape index (κ2) is 63.7. The van der Waals surface area contributed by atoms with Crippen molar-refractivity contribution in [1.82, 2.24) is 0 Å². The molecule has 0 amide bonds. The van der Waals surface area contributed by atoms with Gasteiger partial charge in [0.05, 0.1) is 13.2 Å². The zero-order chi connectivity index (χ0) is 55.9. The van der Waals surface area contributed by atoms with Gasteiger partial charge in [0.25, 0.3) is 0 Å². The summed E-state index contributed by atoms with van der Waals surface area (Å²) in [4.78, 5) is 35.3. The summed E-state index contributed by atoms with van der Waals surface area (Å²) in [6, 6.07) is 0. The SMILES string of the molecule is CCCCCCC/C=C\C/C=C\CCCCCCCCCCCC(=O)OC(COC(=O)CCCCCCCCCCCCCCCCCCCCCCCCCCCCCCCCCCCCC)COP(=O)(O)OCCN. The second-order valence-corrected chi connectivity index (χ2v) is 24.5. The third-order valence-electron chi connectivity index (χ3n) is 15.3. The molecular formula is C67H130NO8P. The minimum atomic E-state index is -4.39. The summed E-state index contributed by atoms with van der Waals surface area (Å²) in [7, 11) is -4.39. The Balaban J connectivity index is 3.79. The van der Waals surface area contributed by atoms with Crippen LogP contribution in [-0.4, -0.2) is 49.3 Å². The number of hydrogen-bond acceptors (Lipinski definition) is 8. The molecule has 2 unspecified atom stereocenters. The molecule has 0 aliphatic heterocycles. The predicted octanol–water partition coefficient (Wildman–Crippen LogP) is 21.8. The average molecular weight is 1110 g/mol. The van der Waals surface area contributed by atoms with E-state index in [9.17, 15) is 19.0 Å². The van der Waals surface area contributed by atoms with Crippen LogP contribution >= 0.6 is 7.82 Å². The Morgan fingerprint density at radius 1 is 0.390 bits per heavy atom. The molecule has 0 heterocycles. The molecule has 0 saturated carbocycles. The van der Waals surface area contributed by atoms with Crippen molar-refractivity contribution in [3.05, 3.63) is 24.3 Å². The van der Waals surface area contributed by atoms with E-state index < -0.39 is 26.5 Å². The highest BCUT2D eigenvalue weighted by molar-refractivity contribution is 7.47. The molecule has 3 N–H and O–H groups in total. The summed E-state index contributed by atoms with van der Waals surface area (Å²) < 4.78 is 33.1. The molecule has 0 aromatic rings. The van der Waals surface area contributed by atoms with Crippen LogP contribution < -0.4 is 5.73 Å². The van der Waals surface area contributed by atoms with E-state index in [1.54, 1.807) is 0 Å². The summed E-state index contributed by atoms with van der Waals surface area (Å²) in [6.45, 7) is 3.80. The smallest absolute Gasteiger partial charge is 0.462 e. The van der Waals surface area contributed by atoms with Gasteiger partial charge in [0.15, 0.2) is 6.10 Å². The van der Waals surface area contributed by atoms with Crippen molar-refractivity contribution in [2.45, 2.75) is 367 Å². The molecule has 0 rings (SSSR count). The molecule has 0 bridgehead atoms. The Morgan fingerprint density at radius 3 is 0.987 bits per heavy atom. The largest absolute Gasteiger partial charge is 0.472 e. The fraction of sp³-hybridized carbons (Fsp3) is 0.910. The molecule has 0 aliphatic carbocycles. The van der Waals surface area contributed by atoms with E-state index >= 15 is 0 Å². The van der Waals surface area contributed by atoms with E-state index in [-0.39, 0.29) is 38.6 Å². The summed E-state index contributed by atoms with van der Waals surface area (Å²) in [5, 5.41) is 0. The van der Waals surface area contributed by atoms with E-state index in [1.165, 1.54) is 276 Å². The molecule has 0 saturated heterocycles. The number of nitrogens with two attached hydrogens (primary N) is 1. The first kappa shape index (κ1) is 75.5. The van der Waals surface area contributed by atoms with E-state index in [4.69, 9.17) is 24.3 Å². The van der Waals surface area contributed by atoms with Crippen molar-refractivity contribution < 1.29 is 37.6 Å². The molecule has 2 atom stereocenters. The number of unbranched alkanes of at least 4 members (excludes halogenated alkanes) is 48. The minimum absolute atomic E-state index is 0.0549. The van der Waals surface area contributed by atoms with Gasteiger partial charge in [-0.05, 0) is 44.9 Å². The van der Waals surface area contributed by atoms with Gasteiger partial charge >= 0.3 is 19.8 Å². The third kappa shape index (κ3) is 63.5. The monoisotopic (exact) mass is 1110 g/mol. The molecule has 0 spiro atoms. The van der Waals surface area contributed by atoms with Gasteiger partial charge in [0, 0.05) is 19.4 Å². The minimum Gasteiger partial charge on any atom is -0.462 e. The fourth-order valence-corrected chi connectivity index (χ4v) is 11.1. The van der Waals surface area contributed by atoms with Gasteiger partial charge < -0.3 is 20.1 Å². The normalized spacial score (nSPS) is 13.0. The number of phosphoric ester groups is 1. The highest BCUT2D eigenvalue weighted by Crippen LogP contribution is 2.43. The molecule has 9 nitrogen and oxygen atoms in total. The van der Waals surface area contributed by atoms with E-state index in [0.29, 0.717) is 6.42 Å². The maximum Gasteiger partial charge on any atom is 0.472 e. The summed E-state index contributed by atoms with van der Waals surface area (Å²) in [5.74, 6) is -0.813. The van der Waals surface area contributed by atoms with Gasteiger partial charge in [-0.2, -0.15) is 0 Å². The topological polar surface area (TPSA) is 134 Å². The van der Waals surface area contributed by atoms with E-state index in [1.807, 2.05) is 0 Å². The second-order valence-electron chi connectivity index (χ2n) is 23.1. The van der Waals surface area contributed by atoms with Gasteiger partial charge in [-0.3, -0.25) is 18.6 Å². The number of phosphoric acid groups is 1. The Bertz CT molecular complexity index is 1310. The van der Waals surface area contributed by atoms with Crippen LogP contribution in [0.1, 0.15) is 361 Å². The highest BCUT2D eigenvalue weighted by atomic mass is 31.2. The average Bonchev–Trinajstić information content (AvgIpc) is 3.42. The van der Waals surface area contributed by atoms with Crippen molar-refractivity contribution in [3.8, 4) is 0 Å². The lowest BCUT2D eigenvalue weighted by atomic mass is 10.0. The van der Waals surface area contributed by atoms with Gasteiger partial charge in [-0.15, -0.1) is 0 Å². The number of allylic oxidation sites excluding steroid dienone is 4. The van der Waals surface area contributed by atoms with Gasteiger partial charge in [-0.1, -0.05) is 327 Å². The van der Waals surface area contributed by atoms with Crippen LogP contribution in [0.5, 0.6) is 0 Å². The van der Waals surface area contributed by atoms with E-state index in [0.717, 1.165) is 51.4 Å². The molecule has 0 aromatic carbocycles. The summed E-state index contributed by atoms with van der Waals surface area (Å²) >= 11 is 0. The maximum atomic E-state index is 12.7. The first-order chi connectivity index (χ1) is 37.8. The van der Waals surface area contributed by atoms with Crippen LogP contribution in [0.2, 0.25) is 0 Å². The maximum absolute atomic E-state index is 12.7. The summed E-state index contributed by atoms with van der Waals surface area (Å²) in [6.07, 6.45) is 77.1. The zero-order valence-corrected chi connectivity index (χ0v) is 52.1. The number of carbonyl (C=O) groups excluding carboxylic acids is 2. The van der Waals surface area contributed by atoms with Crippen molar-refractivity contribution in [2.75, 3.05) is 26.4 Å². The van der Waals surface area contributed by atoms with Crippen LogP contribution in [-0.2, 0) is 32.7 Å². The Labute approximate surface area is 478 Å². The molecule has 77 heavy (non-hydrogen) atoms. The number of ether oxygens (including phenoxy) is 2. The van der Waals surface area contributed by atoms with Crippen LogP contribution in [0, 0.1) is 0 Å². The predicted molar refractivity (Wildman–Crippen MR) is 331 cm³/mol. The van der Waals surface area contributed by atoms with E-state index in [2.05, 4.69) is 38.2 Å². The lowest BCUT2D eigenvalue weighted by Crippen LogP contribution is -2.29. The molecule has 10 heteroatoms. The molecule has 0 aliphatic rings. The number of hydrogen-bond donors (Lipinski definition) is 2. The van der Waals surface area contributed by atoms with Crippen LogP contribution in [0.15, 0.2) is 24.3 Å². The zero-order valence-electron chi connectivity index (χ0n) is 51.2. The Kier molecular flexibility index (Phi) is 62.4. The van der Waals surface area contributed by atoms with Gasteiger partial charge in [0.1, 0.15) is 6.61 Å². The van der Waals surface area contributed by atoms with Crippen molar-refractivity contribution in [1.29, 1.82) is 0 Å². The standard InChI is InChI=1S/C67H130NO8P/c1-3-5-7-9-11-13-15-17-19-21-23-25-26-27-28-29-30-31-32-33-34-35-36-37-38-40-41-43-45-47-49-51-53-55-57-59-66(69)73-63-65(64-75-77(71,72)74-62-61-68)76-67(70)60-58-56-54-52-50-48-46-44-42-39-24-22-20-18-16-14-12-10-8-6-4-2/h16,18,22,24,65H,3-15,17,19-21,23,25-64,68H2,1-2H3,(H,71,72)/b18-16-,24-22-. The number of rotatable bonds is 65. The fourth-order valence-electron chi connectivity index (χ4n) is 10.3. The van der Waals surface area contributed by atoms with Crippen LogP contribution in [0.3, 0.4) is 0 Å². The summed E-state index contributed by atoms with van der Waals surface area (Å²) in [5.41, 5.74) is 5.39. The molecule has 0 aromatic heterocycles. The van der Waals surface area contributed by atoms with Crippen molar-refractivity contribution in [3.63, 3.8) is 0 Å². The molecular weight excluding hydrogens is 978 g/mol. The third-order valence-corrected chi connectivity index (χ3v) is 16.3. The Hall–Kier alpha value is -1.51. The Morgan fingerprint density at radius 2 is 0.675 bits per heavy atom. The highest BCUT2D eigenvalue weighted by Gasteiger charge is 2.26. The first-order valence-electron chi connectivity index (χ1n) is 33.8. The van der Waals surface area contributed by atoms with Crippen LogP contribution in [0.4, 0.5) is 0 Å².